The van der Waals surface area contributed by atoms with E-state index < -0.39 is 0 Å². The minimum Gasteiger partial charge on any atom is -0.0885 e. The lowest BCUT2D eigenvalue weighted by molar-refractivity contribution is 0.719. The molecular weight excluding hydrogens is 204 g/mol. The van der Waals surface area contributed by atoms with Gasteiger partial charge < -0.3 is 0 Å². The molecule has 1 aromatic carbocycles. The first kappa shape index (κ1) is 14.0. The van der Waals surface area contributed by atoms with Crippen molar-refractivity contribution < 1.29 is 0 Å². The maximum absolute atomic E-state index is 2.32. The molecule has 0 amide bonds. The van der Waals surface area contributed by atoms with Crippen molar-refractivity contribution in [3.63, 3.8) is 0 Å². The molecule has 0 N–H and O–H groups in total. The summed E-state index contributed by atoms with van der Waals surface area (Å²) in [4.78, 5) is 0. The Balaban J connectivity index is 2.47. The van der Waals surface area contributed by atoms with Gasteiger partial charge in [0.25, 0.3) is 0 Å². The summed E-state index contributed by atoms with van der Waals surface area (Å²) in [6.07, 6.45) is 10.7. The smallest absolute Gasteiger partial charge is 0.0218 e. The normalized spacial score (nSPS) is 13.1. The Hall–Kier alpha value is -1.04. The summed E-state index contributed by atoms with van der Waals surface area (Å²) in [5, 5.41) is 0. The molecule has 0 aliphatic carbocycles. The third-order valence-electron chi connectivity index (χ3n) is 3.10. The van der Waals surface area contributed by atoms with Crippen LogP contribution in [0.3, 0.4) is 0 Å². The number of aryl methyl sites for hydroxylation is 1. The van der Waals surface area contributed by atoms with Gasteiger partial charge in [0.05, 0.1) is 0 Å². The Bertz CT molecular complexity index is 318. The second kappa shape index (κ2) is 8.11. The van der Waals surface area contributed by atoms with Crippen molar-refractivity contribution in [2.24, 2.45) is 5.92 Å². The summed E-state index contributed by atoms with van der Waals surface area (Å²) in [6.45, 7) is 6.72. The molecule has 0 saturated heterocycles. The Labute approximate surface area is 107 Å². The van der Waals surface area contributed by atoms with E-state index in [1.807, 2.05) is 0 Å². The lowest BCUT2D eigenvalue weighted by Gasteiger charge is -2.07. The predicted molar refractivity (Wildman–Crippen MR) is 77.4 cm³/mol. The zero-order valence-electron chi connectivity index (χ0n) is 11.6. The van der Waals surface area contributed by atoms with Gasteiger partial charge in [0.2, 0.25) is 0 Å². The quantitative estimate of drug-likeness (QED) is 0.567. The van der Waals surface area contributed by atoms with E-state index in [4.69, 9.17) is 0 Å². The second-order valence-corrected chi connectivity index (χ2v) is 4.94. The zero-order valence-corrected chi connectivity index (χ0v) is 11.6. The standard InChI is InChI=1S/C17H26/c1-4-6-8-15(3)14-17-12-10-16(11-13-17)9-7-5-2/h6,8,10-13,15H,4-5,7,9,14H2,1-3H3/b8-6-. The SMILES string of the molecule is CC/C=C\C(C)Cc1ccc(CCCC)cc1. The molecule has 0 heteroatoms. The van der Waals surface area contributed by atoms with Gasteiger partial charge in [0.1, 0.15) is 0 Å². The highest BCUT2D eigenvalue weighted by atomic mass is 14.1. The Morgan fingerprint density at radius 3 is 2.29 bits per heavy atom. The molecule has 0 aromatic heterocycles. The fraction of sp³-hybridized carbons (Fsp3) is 0.529. The minimum atomic E-state index is 0.649. The molecule has 1 aromatic rings. The fourth-order valence-corrected chi connectivity index (χ4v) is 2.03. The average molecular weight is 230 g/mol. The molecule has 0 heterocycles. The third kappa shape index (κ3) is 5.72. The van der Waals surface area contributed by atoms with E-state index in [0.29, 0.717) is 5.92 Å². The summed E-state index contributed by atoms with van der Waals surface area (Å²) >= 11 is 0. The van der Waals surface area contributed by atoms with Gasteiger partial charge in [-0.3, -0.25) is 0 Å². The van der Waals surface area contributed by atoms with Crippen molar-refractivity contribution in [2.75, 3.05) is 0 Å². The molecule has 1 unspecified atom stereocenters. The molecule has 94 valence electrons. The van der Waals surface area contributed by atoms with E-state index in [9.17, 15) is 0 Å². The first-order valence-electron chi connectivity index (χ1n) is 7.00. The van der Waals surface area contributed by atoms with Crippen molar-refractivity contribution in [2.45, 2.75) is 52.9 Å². The highest BCUT2D eigenvalue weighted by Crippen LogP contribution is 2.13. The number of hydrogen-bond acceptors (Lipinski definition) is 0. The Morgan fingerprint density at radius 1 is 1.06 bits per heavy atom. The van der Waals surface area contributed by atoms with Crippen molar-refractivity contribution in [3.8, 4) is 0 Å². The maximum Gasteiger partial charge on any atom is -0.0218 e. The van der Waals surface area contributed by atoms with Gasteiger partial charge in [-0.15, -0.1) is 0 Å². The average Bonchev–Trinajstić information content (AvgIpc) is 2.35. The molecule has 1 atom stereocenters. The number of benzene rings is 1. The molecular formula is C17H26. The van der Waals surface area contributed by atoms with Gasteiger partial charge in [-0.2, -0.15) is 0 Å². The highest BCUT2D eigenvalue weighted by molar-refractivity contribution is 5.23. The van der Waals surface area contributed by atoms with E-state index >= 15 is 0 Å². The van der Waals surface area contributed by atoms with Gasteiger partial charge in [-0.1, -0.05) is 63.6 Å². The van der Waals surface area contributed by atoms with Gasteiger partial charge in [0.15, 0.2) is 0 Å². The summed E-state index contributed by atoms with van der Waals surface area (Å²) in [5.41, 5.74) is 2.94. The van der Waals surface area contributed by atoms with E-state index in [2.05, 4.69) is 57.2 Å². The lowest BCUT2D eigenvalue weighted by Crippen LogP contribution is -1.96. The number of hydrogen-bond donors (Lipinski definition) is 0. The van der Waals surface area contributed by atoms with Crippen molar-refractivity contribution >= 4 is 0 Å². The van der Waals surface area contributed by atoms with Crippen molar-refractivity contribution in [3.05, 3.63) is 47.5 Å². The van der Waals surface area contributed by atoms with E-state index in [-0.39, 0.29) is 0 Å². The van der Waals surface area contributed by atoms with Crippen LogP contribution in [-0.4, -0.2) is 0 Å². The van der Waals surface area contributed by atoms with E-state index in [1.54, 1.807) is 0 Å². The van der Waals surface area contributed by atoms with E-state index in [1.165, 1.54) is 30.4 Å². The van der Waals surface area contributed by atoms with Gasteiger partial charge >= 0.3 is 0 Å². The van der Waals surface area contributed by atoms with Crippen molar-refractivity contribution in [1.82, 2.24) is 0 Å². The maximum atomic E-state index is 2.32. The summed E-state index contributed by atoms with van der Waals surface area (Å²) in [5.74, 6) is 0.649. The van der Waals surface area contributed by atoms with Gasteiger partial charge in [0, 0.05) is 0 Å². The molecule has 0 spiro atoms. The van der Waals surface area contributed by atoms with Crippen LogP contribution < -0.4 is 0 Å². The number of rotatable bonds is 7. The second-order valence-electron chi connectivity index (χ2n) is 4.94. The zero-order chi connectivity index (χ0) is 12.5. The lowest BCUT2D eigenvalue weighted by atomic mass is 9.98. The van der Waals surface area contributed by atoms with Gasteiger partial charge in [-0.05, 0) is 42.7 Å². The van der Waals surface area contributed by atoms with Gasteiger partial charge in [-0.25, -0.2) is 0 Å². The summed E-state index contributed by atoms with van der Waals surface area (Å²) in [7, 11) is 0. The molecule has 0 radical (unpaired) electrons. The largest absolute Gasteiger partial charge is 0.0885 e. The number of unbranched alkanes of at least 4 members (excludes halogenated alkanes) is 1. The van der Waals surface area contributed by atoms with Crippen LogP contribution in [0.2, 0.25) is 0 Å². The molecule has 0 saturated carbocycles. The third-order valence-corrected chi connectivity index (χ3v) is 3.10. The highest BCUT2D eigenvalue weighted by Gasteiger charge is 2.00. The molecule has 0 aliphatic rings. The molecule has 0 fully saturated rings. The Morgan fingerprint density at radius 2 is 1.71 bits per heavy atom. The van der Waals surface area contributed by atoms with Crippen molar-refractivity contribution in [1.29, 1.82) is 0 Å². The van der Waals surface area contributed by atoms with Crippen LogP contribution in [0.25, 0.3) is 0 Å². The first-order valence-corrected chi connectivity index (χ1v) is 7.00. The molecule has 17 heavy (non-hydrogen) atoms. The summed E-state index contributed by atoms with van der Waals surface area (Å²) in [6, 6.07) is 9.17. The predicted octanol–water partition coefficient (Wildman–Crippen LogP) is 5.17. The van der Waals surface area contributed by atoms with Crippen LogP contribution in [0, 0.1) is 5.92 Å². The Kier molecular flexibility index (Phi) is 6.69. The molecule has 0 aliphatic heterocycles. The molecule has 0 bridgehead atoms. The van der Waals surface area contributed by atoms with Crippen LogP contribution in [0.4, 0.5) is 0 Å². The summed E-state index contributed by atoms with van der Waals surface area (Å²) < 4.78 is 0. The number of allylic oxidation sites excluding steroid dienone is 2. The molecule has 1 rings (SSSR count). The van der Waals surface area contributed by atoms with Crippen LogP contribution >= 0.6 is 0 Å². The fourth-order valence-electron chi connectivity index (χ4n) is 2.03. The monoisotopic (exact) mass is 230 g/mol. The topological polar surface area (TPSA) is 0 Å². The van der Waals surface area contributed by atoms with Crippen LogP contribution in [0.15, 0.2) is 36.4 Å². The van der Waals surface area contributed by atoms with Crippen LogP contribution in [0.5, 0.6) is 0 Å². The van der Waals surface area contributed by atoms with Crippen LogP contribution in [-0.2, 0) is 12.8 Å². The molecule has 0 nitrogen and oxygen atoms in total. The first-order chi connectivity index (χ1) is 8.26. The van der Waals surface area contributed by atoms with E-state index in [0.717, 1.165) is 12.8 Å². The minimum absolute atomic E-state index is 0.649. The van der Waals surface area contributed by atoms with Crippen LogP contribution in [0.1, 0.15) is 51.2 Å².